The van der Waals surface area contributed by atoms with Gasteiger partial charge in [-0.3, -0.25) is 0 Å². The van der Waals surface area contributed by atoms with Crippen molar-refractivity contribution in [3.05, 3.63) is 46.0 Å². The number of aromatic nitrogens is 3. The van der Waals surface area contributed by atoms with Crippen LogP contribution in [0, 0.1) is 0 Å². The van der Waals surface area contributed by atoms with Crippen molar-refractivity contribution in [3.63, 3.8) is 0 Å². The zero-order valence-electron chi connectivity index (χ0n) is 10.0. The Labute approximate surface area is 114 Å². The summed E-state index contributed by atoms with van der Waals surface area (Å²) in [4.78, 5) is 0. The van der Waals surface area contributed by atoms with Gasteiger partial charge >= 0.3 is 0 Å². The second-order valence-corrected chi connectivity index (χ2v) is 5.66. The SMILES string of the molecule is NC1CCc2nnc(Cc3ccc(Br)cc3)n2C1. The average Bonchev–Trinajstić information content (AvgIpc) is 2.75. The number of aryl methyl sites for hydroxylation is 1. The van der Waals surface area contributed by atoms with E-state index in [4.69, 9.17) is 5.73 Å². The predicted molar refractivity (Wildman–Crippen MR) is 73.3 cm³/mol. The standard InChI is InChI=1S/C13H15BrN4/c14-10-3-1-9(2-4-10)7-13-17-16-12-6-5-11(15)8-18(12)13/h1-4,11H,5-8,15H2. The van der Waals surface area contributed by atoms with Crippen molar-refractivity contribution in [2.24, 2.45) is 5.73 Å². The van der Waals surface area contributed by atoms with Crippen molar-refractivity contribution in [3.8, 4) is 0 Å². The molecule has 0 fully saturated rings. The molecule has 0 saturated heterocycles. The highest BCUT2D eigenvalue weighted by molar-refractivity contribution is 9.10. The van der Waals surface area contributed by atoms with Crippen LogP contribution in [0.4, 0.5) is 0 Å². The Hall–Kier alpha value is -1.20. The van der Waals surface area contributed by atoms with E-state index in [1.54, 1.807) is 0 Å². The fourth-order valence-electron chi connectivity index (χ4n) is 2.32. The Morgan fingerprint density at radius 2 is 2.06 bits per heavy atom. The molecule has 0 bridgehead atoms. The molecule has 2 heterocycles. The van der Waals surface area contributed by atoms with E-state index in [1.165, 1.54) is 5.56 Å². The Morgan fingerprint density at radius 1 is 1.28 bits per heavy atom. The Morgan fingerprint density at radius 3 is 2.83 bits per heavy atom. The molecule has 1 atom stereocenters. The molecule has 18 heavy (non-hydrogen) atoms. The molecule has 1 unspecified atom stereocenters. The van der Waals surface area contributed by atoms with Crippen LogP contribution in [0.15, 0.2) is 28.7 Å². The van der Waals surface area contributed by atoms with Gasteiger partial charge in [-0.15, -0.1) is 10.2 Å². The first-order chi connectivity index (χ1) is 8.72. The highest BCUT2D eigenvalue weighted by Gasteiger charge is 2.20. The van der Waals surface area contributed by atoms with Crippen LogP contribution in [0.1, 0.15) is 23.6 Å². The van der Waals surface area contributed by atoms with E-state index >= 15 is 0 Å². The van der Waals surface area contributed by atoms with E-state index in [0.29, 0.717) is 0 Å². The lowest BCUT2D eigenvalue weighted by atomic mass is 10.1. The maximum atomic E-state index is 6.01. The van der Waals surface area contributed by atoms with E-state index < -0.39 is 0 Å². The molecule has 0 amide bonds. The van der Waals surface area contributed by atoms with Gasteiger partial charge in [0.2, 0.25) is 0 Å². The van der Waals surface area contributed by atoms with Gasteiger partial charge in [0.05, 0.1) is 0 Å². The largest absolute Gasteiger partial charge is 0.326 e. The summed E-state index contributed by atoms with van der Waals surface area (Å²) in [5.41, 5.74) is 7.25. The number of hydrogen-bond donors (Lipinski definition) is 1. The molecule has 5 heteroatoms. The first kappa shape index (κ1) is 11.9. The lowest BCUT2D eigenvalue weighted by molar-refractivity contribution is 0.445. The van der Waals surface area contributed by atoms with Gasteiger partial charge in [0, 0.05) is 29.9 Å². The van der Waals surface area contributed by atoms with E-state index in [9.17, 15) is 0 Å². The molecule has 3 rings (SSSR count). The van der Waals surface area contributed by atoms with Gasteiger partial charge in [-0.05, 0) is 24.1 Å². The third-order valence-electron chi connectivity index (χ3n) is 3.34. The number of nitrogens with zero attached hydrogens (tertiary/aromatic N) is 3. The molecule has 0 saturated carbocycles. The van der Waals surface area contributed by atoms with Crippen molar-refractivity contribution in [2.45, 2.75) is 31.8 Å². The quantitative estimate of drug-likeness (QED) is 0.922. The van der Waals surface area contributed by atoms with Crippen molar-refractivity contribution in [1.29, 1.82) is 0 Å². The lowest BCUT2D eigenvalue weighted by Crippen LogP contribution is -2.32. The molecule has 2 aromatic rings. The molecule has 4 nitrogen and oxygen atoms in total. The van der Waals surface area contributed by atoms with Gasteiger partial charge in [-0.1, -0.05) is 28.1 Å². The van der Waals surface area contributed by atoms with Gasteiger partial charge in [0.25, 0.3) is 0 Å². The fraction of sp³-hybridized carbons (Fsp3) is 0.385. The van der Waals surface area contributed by atoms with E-state index in [2.05, 4.69) is 55.0 Å². The summed E-state index contributed by atoms with van der Waals surface area (Å²) in [6, 6.07) is 8.55. The number of benzene rings is 1. The molecule has 0 spiro atoms. The Kier molecular flexibility index (Phi) is 3.18. The monoisotopic (exact) mass is 306 g/mol. The Bertz CT molecular complexity index is 547. The second-order valence-electron chi connectivity index (χ2n) is 4.75. The molecule has 94 valence electrons. The van der Waals surface area contributed by atoms with E-state index in [1.807, 2.05) is 0 Å². The van der Waals surface area contributed by atoms with Gasteiger partial charge < -0.3 is 10.3 Å². The minimum absolute atomic E-state index is 0.233. The van der Waals surface area contributed by atoms with Crippen LogP contribution in [-0.4, -0.2) is 20.8 Å². The third kappa shape index (κ3) is 2.33. The summed E-state index contributed by atoms with van der Waals surface area (Å²) in [5, 5.41) is 8.55. The van der Waals surface area contributed by atoms with Crippen molar-refractivity contribution >= 4 is 15.9 Å². The van der Waals surface area contributed by atoms with Crippen LogP contribution in [0.25, 0.3) is 0 Å². The maximum absolute atomic E-state index is 6.01. The summed E-state index contributed by atoms with van der Waals surface area (Å²) < 4.78 is 3.27. The van der Waals surface area contributed by atoms with Gasteiger partial charge in [-0.25, -0.2) is 0 Å². The highest BCUT2D eigenvalue weighted by Crippen LogP contribution is 2.17. The predicted octanol–water partition coefficient (Wildman–Crippen LogP) is 1.90. The van der Waals surface area contributed by atoms with Crippen molar-refractivity contribution in [1.82, 2.24) is 14.8 Å². The molecule has 1 aromatic carbocycles. The molecule has 1 aliphatic heterocycles. The minimum atomic E-state index is 0.233. The summed E-state index contributed by atoms with van der Waals surface area (Å²) in [6.45, 7) is 0.841. The summed E-state index contributed by atoms with van der Waals surface area (Å²) in [5.74, 6) is 2.09. The number of nitrogens with two attached hydrogens (primary N) is 1. The highest BCUT2D eigenvalue weighted by atomic mass is 79.9. The van der Waals surface area contributed by atoms with Crippen LogP contribution in [-0.2, 0) is 19.4 Å². The zero-order chi connectivity index (χ0) is 12.5. The zero-order valence-corrected chi connectivity index (χ0v) is 11.6. The Balaban J connectivity index is 1.85. The smallest absolute Gasteiger partial charge is 0.137 e. The molecular weight excluding hydrogens is 292 g/mol. The maximum Gasteiger partial charge on any atom is 0.137 e. The number of fused-ring (bicyclic) bond motifs is 1. The van der Waals surface area contributed by atoms with Crippen LogP contribution >= 0.6 is 15.9 Å². The molecule has 0 radical (unpaired) electrons. The molecular formula is C13H15BrN4. The van der Waals surface area contributed by atoms with Crippen molar-refractivity contribution in [2.75, 3.05) is 0 Å². The third-order valence-corrected chi connectivity index (χ3v) is 3.86. The molecule has 0 aliphatic carbocycles. The van der Waals surface area contributed by atoms with Crippen LogP contribution in [0.3, 0.4) is 0 Å². The van der Waals surface area contributed by atoms with Crippen LogP contribution in [0.2, 0.25) is 0 Å². The second kappa shape index (κ2) is 4.82. The minimum Gasteiger partial charge on any atom is -0.326 e. The molecule has 1 aliphatic rings. The first-order valence-electron chi connectivity index (χ1n) is 6.13. The van der Waals surface area contributed by atoms with Gasteiger partial charge in [0.15, 0.2) is 0 Å². The summed E-state index contributed by atoms with van der Waals surface area (Å²) in [7, 11) is 0. The number of halogens is 1. The van der Waals surface area contributed by atoms with E-state index in [0.717, 1.165) is 41.9 Å². The summed E-state index contributed by atoms with van der Waals surface area (Å²) in [6.07, 6.45) is 2.76. The number of hydrogen-bond acceptors (Lipinski definition) is 3. The van der Waals surface area contributed by atoms with Crippen LogP contribution in [0.5, 0.6) is 0 Å². The molecule has 2 N–H and O–H groups in total. The fourth-order valence-corrected chi connectivity index (χ4v) is 2.59. The number of rotatable bonds is 2. The van der Waals surface area contributed by atoms with Crippen LogP contribution < -0.4 is 5.73 Å². The normalized spacial score (nSPS) is 18.7. The van der Waals surface area contributed by atoms with Crippen molar-refractivity contribution < 1.29 is 0 Å². The average molecular weight is 307 g/mol. The van der Waals surface area contributed by atoms with Gasteiger partial charge in [0.1, 0.15) is 11.6 Å². The lowest BCUT2D eigenvalue weighted by Gasteiger charge is -2.20. The topological polar surface area (TPSA) is 56.7 Å². The molecule has 1 aromatic heterocycles. The first-order valence-corrected chi connectivity index (χ1v) is 6.92. The summed E-state index contributed by atoms with van der Waals surface area (Å²) >= 11 is 3.44. The van der Waals surface area contributed by atoms with E-state index in [-0.39, 0.29) is 6.04 Å². The van der Waals surface area contributed by atoms with Gasteiger partial charge in [-0.2, -0.15) is 0 Å².